The van der Waals surface area contributed by atoms with Crippen LogP contribution in [-0.2, 0) is 9.05 Å². The molecular formula is C12H14ClNO5S. The van der Waals surface area contributed by atoms with Crippen molar-refractivity contribution in [1.29, 1.82) is 0 Å². The molecule has 1 N–H and O–H groups in total. The maximum Gasteiger partial charge on any atom is 0.261 e. The number of rotatable bonds is 4. The van der Waals surface area contributed by atoms with Gasteiger partial charge in [0.2, 0.25) is 0 Å². The average molecular weight is 320 g/mol. The van der Waals surface area contributed by atoms with Gasteiger partial charge in [-0.1, -0.05) is 6.92 Å². The second-order valence-electron chi connectivity index (χ2n) is 4.19. The first-order chi connectivity index (χ1) is 9.43. The normalized spacial score (nSPS) is 13.9. The van der Waals surface area contributed by atoms with Crippen LogP contribution >= 0.6 is 10.7 Å². The van der Waals surface area contributed by atoms with Crippen molar-refractivity contribution in [3.63, 3.8) is 0 Å². The number of amides is 1. The van der Waals surface area contributed by atoms with Gasteiger partial charge in [-0.15, -0.1) is 0 Å². The lowest BCUT2D eigenvalue weighted by Gasteiger charge is -2.21. The quantitative estimate of drug-likeness (QED) is 0.851. The first kappa shape index (κ1) is 14.9. The average Bonchev–Trinajstić information content (AvgIpc) is 2.42. The molecule has 1 heterocycles. The summed E-state index contributed by atoms with van der Waals surface area (Å²) in [6, 6.07) is 2.45. The summed E-state index contributed by atoms with van der Waals surface area (Å²) in [5.74, 6) is 0.0318. The molecule has 6 nitrogen and oxygen atoms in total. The Morgan fingerprint density at radius 2 is 2.05 bits per heavy atom. The lowest BCUT2D eigenvalue weighted by molar-refractivity contribution is 0.0942. The van der Waals surface area contributed by atoms with Gasteiger partial charge in [0.05, 0.1) is 10.5 Å². The molecule has 0 radical (unpaired) electrons. The zero-order valence-electron chi connectivity index (χ0n) is 10.8. The Hall–Kier alpha value is -1.47. The Bertz CT molecular complexity index is 629. The van der Waals surface area contributed by atoms with E-state index in [1.54, 1.807) is 0 Å². The van der Waals surface area contributed by atoms with Crippen molar-refractivity contribution in [2.75, 3.05) is 19.8 Å². The van der Waals surface area contributed by atoms with Crippen LogP contribution < -0.4 is 14.8 Å². The van der Waals surface area contributed by atoms with Gasteiger partial charge in [0.15, 0.2) is 11.5 Å². The van der Waals surface area contributed by atoms with E-state index in [1.165, 1.54) is 12.1 Å². The van der Waals surface area contributed by atoms with E-state index in [2.05, 4.69) is 5.32 Å². The van der Waals surface area contributed by atoms with Crippen molar-refractivity contribution in [2.24, 2.45) is 0 Å². The first-order valence-electron chi connectivity index (χ1n) is 6.10. The van der Waals surface area contributed by atoms with Gasteiger partial charge >= 0.3 is 0 Å². The van der Waals surface area contributed by atoms with Crippen LogP contribution in [0.4, 0.5) is 0 Å². The smallest absolute Gasteiger partial charge is 0.261 e. The number of nitrogens with one attached hydrogen (secondary N) is 1. The molecule has 0 saturated carbocycles. The molecule has 0 bridgehead atoms. The fraction of sp³-hybridized carbons (Fsp3) is 0.417. The zero-order valence-corrected chi connectivity index (χ0v) is 12.4. The van der Waals surface area contributed by atoms with Gasteiger partial charge < -0.3 is 14.8 Å². The van der Waals surface area contributed by atoms with Crippen LogP contribution in [-0.4, -0.2) is 34.1 Å². The highest BCUT2D eigenvalue weighted by atomic mass is 35.7. The third-order valence-electron chi connectivity index (χ3n) is 2.68. The number of fused-ring (bicyclic) bond motifs is 1. The molecule has 0 aromatic heterocycles. The van der Waals surface area contributed by atoms with E-state index < -0.39 is 15.0 Å². The standard InChI is InChI=1S/C12H14ClNO5S/c1-2-3-14-12(15)9-6-8(20(13,16)17)7-10-11(9)19-5-4-18-10/h6-7H,2-5H2,1H3,(H,14,15). The topological polar surface area (TPSA) is 81.7 Å². The summed E-state index contributed by atoms with van der Waals surface area (Å²) in [4.78, 5) is 11.9. The van der Waals surface area contributed by atoms with Crippen LogP contribution in [0.2, 0.25) is 0 Å². The number of halogens is 1. The molecular weight excluding hydrogens is 306 g/mol. The summed E-state index contributed by atoms with van der Waals surface area (Å²) in [7, 11) is 1.37. The molecule has 1 aliphatic heterocycles. The SMILES string of the molecule is CCCNC(=O)c1cc(S(=O)(=O)Cl)cc2c1OCCO2. The molecule has 1 amide bonds. The lowest BCUT2D eigenvalue weighted by Crippen LogP contribution is -2.26. The summed E-state index contributed by atoms with van der Waals surface area (Å²) >= 11 is 0. The maximum atomic E-state index is 12.1. The Morgan fingerprint density at radius 3 is 2.70 bits per heavy atom. The Labute approximate surface area is 121 Å². The van der Waals surface area contributed by atoms with Gasteiger partial charge in [-0.25, -0.2) is 8.42 Å². The van der Waals surface area contributed by atoms with E-state index in [1.807, 2.05) is 6.92 Å². The molecule has 0 aliphatic carbocycles. The third kappa shape index (κ3) is 3.16. The van der Waals surface area contributed by atoms with Gasteiger partial charge in [0, 0.05) is 23.3 Å². The summed E-state index contributed by atoms with van der Waals surface area (Å²) in [6.45, 7) is 2.98. The number of carbonyl (C=O) groups is 1. The predicted octanol–water partition coefficient (Wildman–Crippen LogP) is 1.53. The highest BCUT2D eigenvalue weighted by Crippen LogP contribution is 2.37. The number of ether oxygens (including phenoxy) is 2. The minimum absolute atomic E-state index is 0.106. The van der Waals surface area contributed by atoms with E-state index in [9.17, 15) is 13.2 Å². The van der Waals surface area contributed by atoms with Crippen molar-refractivity contribution in [1.82, 2.24) is 5.32 Å². The van der Waals surface area contributed by atoms with Crippen LogP contribution in [0.25, 0.3) is 0 Å². The van der Waals surface area contributed by atoms with Crippen molar-refractivity contribution in [2.45, 2.75) is 18.2 Å². The molecule has 110 valence electrons. The first-order valence-corrected chi connectivity index (χ1v) is 8.41. The molecule has 20 heavy (non-hydrogen) atoms. The molecule has 1 aromatic carbocycles. The van der Waals surface area contributed by atoms with Gasteiger partial charge in [-0.05, 0) is 12.5 Å². The van der Waals surface area contributed by atoms with Crippen LogP contribution in [0.5, 0.6) is 11.5 Å². The van der Waals surface area contributed by atoms with E-state index in [0.717, 1.165) is 6.42 Å². The van der Waals surface area contributed by atoms with Crippen LogP contribution in [0.1, 0.15) is 23.7 Å². The van der Waals surface area contributed by atoms with Gasteiger partial charge in [0.25, 0.3) is 15.0 Å². The van der Waals surface area contributed by atoms with Crippen molar-refractivity contribution in [3.8, 4) is 11.5 Å². The predicted molar refractivity (Wildman–Crippen MR) is 73.1 cm³/mol. The second kappa shape index (κ2) is 5.88. The van der Waals surface area contributed by atoms with Crippen molar-refractivity contribution in [3.05, 3.63) is 17.7 Å². The van der Waals surface area contributed by atoms with Crippen LogP contribution in [0, 0.1) is 0 Å². The molecule has 0 spiro atoms. The second-order valence-corrected chi connectivity index (χ2v) is 6.75. The molecule has 8 heteroatoms. The molecule has 2 rings (SSSR count). The van der Waals surface area contributed by atoms with Crippen molar-refractivity contribution < 1.29 is 22.7 Å². The van der Waals surface area contributed by atoms with Crippen LogP contribution in [0.15, 0.2) is 17.0 Å². The molecule has 1 aromatic rings. The maximum absolute atomic E-state index is 12.1. The van der Waals surface area contributed by atoms with Gasteiger partial charge in [0.1, 0.15) is 13.2 Å². The fourth-order valence-electron chi connectivity index (χ4n) is 1.77. The lowest BCUT2D eigenvalue weighted by atomic mass is 10.1. The number of hydrogen-bond donors (Lipinski definition) is 1. The molecule has 0 unspecified atom stereocenters. The third-order valence-corrected chi connectivity index (χ3v) is 4.01. The van der Waals surface area contributed by atoms with E-state index in [0.29, 0.717) is 13.2 Å². The molecule has 0 fully saturated rings. The largest absolute Gasteiger partial charge is 0.486 e. The highest BCUT2D eigenvalue weighted by molar-refractivity contribution is 8.13. The van der Waals surface area contributed by atoms with E-state index in [-0.39, 0.29) is 28.6 Å². The van der Waals surface area contributed by atoms with Gasteiger partial charge in [-0.3, -0.25) is 4.79 Å². The van der Waals surface area contributed by atoms with E-state index in [4.69, 9.17) is 20.2 Å². The Kier molecular flexibility index (Phi) is 4.39. The monoisotopic (exact) mass is 319 g/mol. The summed E-state index contributed by atoms with van der Waals surface area (Å²) in [5.41, 5.74) is 0.106. The summed E-state index contributed by atoms with van der Waals surface area (Å²) in [6.07, 6.45) is 0.763. The summed E-state index contributed by atoms with van der Waals surface area (Å²) in [5, 5.41) is 2.67. The fourth-order valence-corrected chi connectivity index (χ4v) is 2.55. The Morgan fingerprint density at radius 1 is 1.35 bits per heavy atom. The minimum Gasteiger partial charge on any atom is -0.486 e. The van der Waals surface area contributed by atoms with Crippen LogP contribution in [0.3, 0.4) is 0 Å². The number of carbonyl (C=O) groups excluding carboxylic acids is 1. The van der Waals surface area contributed by atoms with Gasteiger partial charge in [-0.2, -0.15) is 0 Å². The minimum atomic E-state index is -3.96. The number of hydrogen-bond acceptors (Lipinski definition) is 5. The van der Waals surface area contributed by atoms with E-state index >= 15 is 0 Å². The number of benzene rings is 1. The Balaban J connectivity index is 2.50. The molecule has 0 saturated heterocycles. The molecule has 1 aliphatic rings. The zero-order chi connectivity index (χ0) is 14.8. The summed E-state index contributed by atoms with van der Waals surface area (Å²) < 4.78 is 33.6. The molecule has 0 atom stereocenters. The van der Waals surface area contributed by atoms with Crippen molar-refractivity contribution >= 4 is 25.6 Å². The highest BCUT2D eigenvalue weighted by Gasteiger charge is 2.25.